The van der Waals surface area contributed by atoms with E-state index < -0.39 is 15.7 Å². The number of amides is 2. The maximum atomic E-state index is 12.5. The molecule has 2 N–H and O–H groups in total. The van der Waals surface area contributed by atoms with Crippen LogP contribution in [0.15, 0.2) is 53.4 Å². The van der Waals surface area contributed by atoms with Gasteiger partial charge in [-0.2, -0.15) is 0 Å². The second kappa shape index (κ2) is 10.5. The molecule has 0 saturated carbocycles. The molecule has 0 atom stereocenters. The maximum absolute atomic E-state index is 12.5. The molecule has 1 saturated heterocycles. The molecule has 0 aromatic heterocycles. The standard InChI is InChI=1S/C22H27N3O5S/c1-31(28,29)20-8-3-2-7-19(20)22(27)23-16-17-5-4-6-18(15-17)24-21(26)9-10-25-11-13-30-14-12-25/h2-8,15H,9-14,16H2,1H3,(H,23,27)(H,24,26). The molecular formula is C22H27N3O5S. The monoisotopic (exact) mass is 445 g/mol. The summed E-state index contributed by atoms with van der Waals surface area (Å²) in [5, 5.41) is 5.62. The first-order valence-corrected chi connectivity index (χ1v) is 12.0. The summed E-state index contributed by atoms with van der Waals surface area (Å²) in [5.74, 6) is -0.546. The van der Waals surface area contributed by atoms with E-state index in [2.05, 4.69) is 15.5 Å². The maximum Gasteiger partial charge on any atom is 0.252 e. The fourth-order valence-electron chi connectivity index (χ4n) is 3.32. The number of rotatable bonds is 8. The summed E-state index contributed by atoms with van der Waals surface area (Å²) < 4.78 is 29.1. The zero-order chi connectivity index (χ0) is 22.3. The van der Waals surface area contributed by atoms with E-state index >= 15 is 0 Å². The fourth-order valence-corrected chi connectivity index (χ4v) is 4.21. The molecule has 166 valence electrons. The van der Waals surface area contributed by atoms with Crippen LogP contribution in [-0.2, 0) is 25.9 Å². The third-order valence-corrected chi connectivity index (χ3v) is 6.11. The van der Waals surface area contributed by atoms with Crippen molar-refractivity contribution in [1.29, 1.82) is 0 Å². The highest BCUT2D eigenvalue weighted by atomic mass is 32.2. The van der Waals surface area contributed by atoms with Gasteiger partial charge in [0.05, 0.1) is 23.7 Å². The zero-order valence-corrected chi connectivity index (χ0v) is 18.3. The molecule has 1 heterocycles. The molecule has 1 aliphatic rings. The van der Waals surface area contributed by atoms with Gasteiger partial charge < -0.3 is 15.4 Å². The van der Waals surface area contributed by atoms with Crippen molar-refractivity contribution >= 4 is 27.3 Å². The molecule has 2 amide bonds. The lowest BCUT2D eigenvalue weighted by Gasteiger charge is -2.26. The average molecular weight is 446 g/mol. The Morgan fingerprint density at radius 1 is 1.06 bits per heavy atom. The molecule has 31 heavy (non-hydrogen) atoms. The third-order valence-electron chi connectivity index (χ3n) is 4.95. The molecule has 2 aromatic carbocycles. The fraction of sp³-hybridized carbons (Fsp3) is 0.364. The molecule has 0 unspecified atom stereocenters. The van der Waals surface area contributed by atoms with Gasteiger partial charge in [0.2, 0.25) is 5.91 Å². The average Bonchev–Trinajstić information content (AvgIpc) is 2.76. The van der Waals surface area contributed by atoms with Crippen LogP contribution in [0.5, 0.6) is 0 Å². The van der Waals surface area contributed by atoms with Crippen LogP contribution in [0.3, 0.4) is 0 Å². The van der Waals surface area contributed by atoms with Gasteiger partial charge in [-0.25, -0.2) is 8.42 Å². The highest BCUT2D eigenvalue weighted by Gasteiger charge is 2.18. The molecule has 8 nitrogen and oxygen atoms in total. The van der Waals surface area contributed by atoms with Gasteiger partial charge in [-0.3, -0.25) is 14.5 Å². The first-order chi connectivity index (χ1) is 14.8. The Hall–Kier alpha value is -2.75. The molecule has 1 aliphatic heterocycles. The summed E-state index contributed by atoms with van der Waals surface area (Å²) in [4.78, 5) is 27.0. The van der Waals surface area contributed by atoms with E-state index in [1.807, 2.05) is 6.07 Å². The number of carbonyl (C=O) groups is 2. The van der Waals surface area contributed by atoms with Crippen LogP contribution < -0.4 is 10.6 Å². The minimum atomic E-state index is -3.51. The smallest absolute Gasteiger partial charge is 0.252 e. The summed E-state index contributed by atoms with van der Waals surface area (Å²) in [7, 11) is -3.51. The molecule has 0 bridgehead atoms. The Labute approximate surface area is 182 Å². The number of benzene rings is 2. The van der Waals surface area contributed by atoms with E-state index in [0.29, 0.717) is 31.9 Å². The number of anilines is 1. The van der Waals surface area contributed by atoms with Crippen LogP contribution in [0.25, 0.3) is 0 Å². The van der Waals surface area contributed by atoms with E-state index in [0.717, 1.165) is 24.9 Å². The van der Waals surface area contributed by atoms with Gasteiger partial charge in [0, 0.05) is 44.5 Å². The minimum Gasteiger partial charge on any atom is -0.379 e. The van der Waals surface area contributed by atoms with E-state index in [1.54, 1.807) is 30.3 Å². The summed E-state index contributed by atoms with van der Waals surface area (Å²) in [6, 6.07) is 13.3. The number of sulfone groups is 1. The SMILES string of the molecule is CS(=O)(=O)c1ccccc1C(=O)NCc1cccc(NC(=O)CCN2CCOCC2)c1. The quantitative estimate of drug-likeness (QED) is 0.641. The van der Waals surface area contributed by atoms with Crippen molar-refractivity contribution < 1.29 is 22.7 Å². The first-order valence-electron chi connectivity index (χ1n) is 10.1. The van der Waals surface area contributed by atoms with Crippen LogP contribution >= 0.6 is 0 Å². The molecular weight excluding hydrogens is 418 g/mol. The van der Waals surface area contributed by atoms with Gasteiger partial charge in [0.1, 0.15) is 0 Å². The highest BCUT2D eigenvalue weighted by molar-refractivity contribution is 7.90. The number of nitrogens with zero attached hydrogens (tertiary/aromatic N) is 1. The molecule has 3 rings (SSSR count). The van der Waals surface area contributed by atoms with Crippen molar-refractivity contribution in [3.05, 3.63) is 59.7 Å². The number of nitrogens with one attached hydrogen (secondary N) is 2. The van der Waals surface area contributed by atoms with Gasteiger partial charge in [0.15, 0.2) is 9.84 Å². The Kier molecular flexibility index (Phi) is 7.78. The summed E-state index contributed by atoms with van der Waals surface area (Å²) in [5.41, 5.74) is 1.55. The summed E-state index contributed by atoms with van der Waals surface area (Å²) >= 11 is 0. The van der Waals surface area contributed by atoms with Crippen LogP contribution in [0, 0.1) is 0 Å². The zero-order valence-electron chi connectivity index (χ0n) is 17.5. The minimum absolute atomic E-state index is 0.00576. The van der Waals surface area contributed by atoms with Gasteiger partial charge in [0.25, 0.3) is 5.91 Å². The van der Waals surface area contributed by atoms with E-state index in [-0.39, 0.29) is 22.9 Å². The lowest BCUT2D eigenvalue weighted by Crippen LogP contribution is -2.38. The van der Waals surface area contributed by atoms with Crippen molar-refractivity contribution in [2.45, 2.75) is 17.9 Å². The van der Waals surface area contributed by atoms with Crippen molar-refractivity contribution in [3.63, 3.8) is 0 Å². The van der Waals surface area contributed by atoms with Gasteiger partial charge in [-0.05, 0) is 29.8 Å². The van der Waals surface area contributed by atoms with E-state index in [4.69, 9.17) is 4.74 Å². The van der Waals surface area contributed by atoms with Crippen molar-refractivity contribution in [3.8, 4) is 0 Å². The van der Waals surface area contributed by atoms with Crippen molar-refractivity contribution in [2.24, 2.45) is 0 Å². The Morgan fingerprint density at radius 3 is 2.55 bits per heavy atom. The predicted octanol–water partition coefficient (Wildman–Crippen LogP) is 1.68. The third kappa shape index (κ3) is 6.88. The Balaban J connectivity index is 1.55. The number of morpholine rings is 1. The Bertz CT molecular complexity index is 1030. The lowest BCUT2D eigenvalue weighted by atomic mass is 10.1. The van der Waals surface area contributed by atoms with Crippen molar-refractivity contribution in [1.82, 2.24) is 10.2 Å². The van der Waals surface area contributed by atoms with Crippen LogP contribution in [0.1, 0.15) is 22.3 Å². The van der Waals surface area contributed by atoms with Crippen molar-refractivity contribution in [2.75, 3.05) is 44.4 Å². The largest absolute Gasteiger partial charge is 0.379 e. The second-order valence-electron chi connectivity index (χ2n) is 7.40. The molecule has 0 aliphatic carbocycles. The molecule has 0 radical (unpaired) electrons. The van der Waals surface area contributed by atoms with E-state index in [1.165, 1.54) is 12.1 Å². The van der Waals surface area contributed by atoms with E-state index in [9.17, 15) is 18.0 Å². The highest BCUT2D eigenvalue weighted by Crippen LogP contribution is 2.16. The normalized spacial score (nSPS) is 14.7. The Morgan fingerprint density at radius 2 is 1.81 bits per heavy atom. The predicted molar refractivity (Wildman–Crippen MR) is 118 cm³/mol. The van der Waals surface area contributed by atoms with Crippen LogP contribution in [-0.4, -0.2) is 64.2 Å². The number of carbonyl (C=O) groups excluding carboxylic acids is 2. The second-order valence-corrected chi connectivity index (χ2v) is 9.39. The number of ether oxygens (including phenoxy) is 1. The molecule has 2 aromatic rings. The molecule has 1 fully saturated rings. The molecule has 9 heteroatoms. The summed E-state index contributed by atoms with van der Waals surface area (Å²) in [6.07, 6.45) is 1.47. The first kappa shape index (κ1) is 22.9. The number of hydrogen-bond donors (Lipinski definition) is 2. The topological polar surface area (TPSA) is 105 Å². The van der Waals surface area contributed by atoms with Gasteiger partial charge >= 0.3 is 0 Å². The van der Waals surface area contributed by atoms with Crippen LogP contribution in [0.4, 0.5) is 5.69 Å². The summed E-state index contributed by atoms with van der Waals surface area (Å²) in [6.45, 7) is 3.96. The van der Waals surface area contributed by atoms with Gasteiger partial charge in [-0.15, -0.1) is 0 Å². The molecule has 0 spiro atoms. The van der Waals surface area contributed by atoms with Gasteiger partial charge in [-0.1, -0.05) is 24.3 Å². The van der Waals surface area contributed by atoms with Crippen LogP contribution in [0.2, 0.25) is 0 Å². The number of hydrogen-bond acceptors (Lipinski definition) is 6. The lowest BCUT2D eigenvalue weighted by molar-refractivity contribution is -0.116.